The Morgan fingerprint density at radius 3 is 1.76 bits per heavy atom. The Morgan fingerprint density at radius 1 is 0.684 bits per heavy atom. The molecule has 0 atom stereocenters. The summed E-state index contributed by atoms with van der Waals surface area (Å²) in [5, 5.41) is 0. The third kappa shape index (κ3) is 6.11. The van der Waals surface area contributed by atoms with Crippen molar-refractivity contribution < 1.29 is 23.0 Å². The Bertz CT molecular complexity index is 1360. The van der Waals surface area contributed by atoms with Gasteiger partial charge in [-0.3, -0.25) is 4.79 Å². The van der Waals surface area contributed by atoms with E-state index in [1.165, 1.54) is 24.3 Å². The molecule has 1 aliphatic heterocycles. The molecular formula is C31H28F2N2O3. The van der Waals surface area contributed by atoms with Gasteiger partial charge < -0.3 is 19.3 Å². The topological polar surface area (TPSA) is 42.0 Å². The van der Waals surface area contributed by atoms with Crippen molar-refractivity contribution in [1.29, 1.82) is 0 Å². The molecular weight excluding hydrogens is 486 g/mol. The van der Waals surface area contributed by atoms with E-state index in [1.54, 1.807) is 17.0 Å². The van der Waals surface area contributed by atoms with Crippen LogP contribution >= 0.6 is 0 Å². The second kappa shape index (κ2) is 11.8. The van der Waals surface area contributed by atoms with E-state index in [4.69, 9.17) is 9.47 Å². The molecule has 0 saturated carbocycles. The number of carbonyl (C=O) groups excluding carboxylic acids is 1. The van der Waals surface area contributed by atoms with Gasteiger partial charge in [0.2, 0.25) is 0 Å². The van der Waals surface area contributed by atoms with Crippen molar-refractivity contribution in [3.63, 3.8) is 0 Å². The second-order valence-corrected chi connectivity index (χ2v) is 9.08. The monoisotopic (exact) mass is 514 g/mol. The average Bonchev–Trinajstić information content (AvgIpc) is 2.97. The Labute approximate surface area is 220 Å². The van der Waals surface area contributed by atoms with Gasteiger partial charge >= 0.3 is 0 Å². The molecule has 0 aromatic heterocycles. The Morgan fingerprint density at radius 2 is 1.21 bits per heavy atom. The summed E-state index contributed by atoms with van der Waals surface area (Å²) in [7, 11) is 0. The fourth-order valence-corrected chi connectivity index (χ4v) is 4.39. The standard InChI is InChI=1S/C31H28F2N2O3/c32-25-11-13-26(14-12-25)34-15-17-35(18-16-34)31(36)27-19-29(37-21-23-7-3-1-4-8-23)30(20-28(27)33)38-22-24-9-5-2-6-10-24/h1-14,19-20H,15-18,21-22H2. The first-order chi connectivity index (χ1) is 18.6. The molecule has 5 rings (SSSR count). The third-order valence-corrected chi connectivity index (χ3v) is 6.50. The fourth-order valence-electron chi connectivity index (χ4n) is 4.39. The van der Waals surface area contributed by atoms with E-state index in [1.807, 2.05) is 60.7 Å². The highest BCUT2D eigenvalue weighted by atomic mass is 19.1. The molecule has 1 fully saturated rings. The Kier molecular flexibility index (Phi) is 7.83. The van der Waals surface area contributed by atoms with Crippen molar-refractivity contribution >= 4 is 11.6 Å². The van der Waals surface area contributed by atoms with Gasteiger partial charge in [-0.2, -0.15) is 0 Å². The van der Waals surface area contributed by atoms with E-state index in [2.05, 4.69) is 4.90 Å². The van der Waals surface area contributed by atoms with Gasteiger partial charge in [0.1, 0.15) is 24.8 Å². The number of halogens is 2. The number of rotatable bonds is 8. The molecule has 194 valence electrons. The Balaban J connectivity index is 1.32. The molecule has 0 bridgehead atoms. The minimum atomic E-state index is -0.661. The minimum Gasteiger partial charge on any atom is -0.485 e. The second-order valence-electron chi connectivity index (χ2n) is 9.08. The zero-order valence-corrected chi connectivity index (χ0v) is 20.9. The molecule has 1 heterocycles. The number of piperazine rings is 1. The highest BCUT2D eigenvalue weighted by Crippen LogP contribution is 2.33. The molecule has 0 radical (unpaired) electrons. The Hall–Kier alpha value is -4.39. The van der Waals surface area contributed by atoms with Crippen molar-refractivity contribution in [3.05, 3.63) is 125 Å². The lowest BCUT2D eigenvalue weighted by Gasteiger charge is -2.36. The summed E-state index contributed by atoms with van der Waals surface area (Å²) < 4.78 is 40.5. The molecule has 0 N–H and O–H groups in total. The van der Waals surface area contributed by atoms with E-state index in [0.29, 0.717) is 31.9 Å². The number of carbonyl (C=O) groups is 1. The van der Waals surface area contributed by atoms with Crippen molar-refractivity contribution in [2.75, 3.05) is 31.1 Å². The summed E-state index contributed by atoms with van der Waals surface area (Å²) in [5.74, 6) is -0.814. The van der Waals surface area contributed by atoms with Crippen molar-refractivity contribution in [2.45, 2.75) is 13.2 Å². The average molecular weight is 515 g/mol. The van der Waals surface area contributed by atoms with E-state index in [9.17, 15) is 9.18 Å². The van der Waals surface area contributed by atoms with Crippen LogP contribution in [0.25, 0.3) is 0 Å². The number of ether oxygens (including phenoxy) is 2. The molecule has 38 heavy (non-hydrogen) atoms. The summed E-state index contributed by atoms with van der Waals surface area (Å²) in [6.07, 6.45) is 0. The van der Waals surface area contributed by atoms with E-state index in [0.717, 1.165) is 16.8 Å². The van der Waals surface area contributed by atoms with Crippen LogP contribution in [0.2, 0.25) is 0 Å². The van der Waals surface area contributed by atoms with Gasteiger partial charge in [-0.1, -0.05) is 60.7 Å². The first-order valence-corrected chi connectivity index (χ1v) is 12.5. The fraction of sp³-hybridized carbons (Fsp3) is 0.194. The quantitative estimate of drug-likeness (QED) is 0.286. The summed E-state index contributed by atoms with van der Waals surface area (Å²) in [6.45, 7) is 2.45. The maximum atomic E-state index is 15.3. The number of nitrogens with zero attached hydrogens (tertiary/aromatic N) is 2. The molecule has 4 aromatic carbocycles. The third-order valence-electron chi connectivity index (χ3n) is 6.50. The molecule has 0 aliphatic carbocycles. The first kappa shape index (κ1) is 25.3. The van der Waals surface area contributed by atoms with Gasteiger partial charge in [0.25, 0.3) is 5.91 Å². The zero-order valence-electron chi connectivity index (χ0n) is 20.9. The normalized spacial score (nSPS) is 13.3. The number of amides is 1. The summed E-state index contributed by atoms with van der Waals surface area (Å²) in [5.41, 5.74) is 2.70. The van der Waals surface area contributed by atoms with Crippen LogP contribution in [-0.2, 0) is 13.2 Å². The maximum Gasteiger partial charge on any atom is 0.257 e. The highest BCUT2D eigenvalue weighted by Gasteiger charge is 2.26. The first-order valence-electron chi connectivity index (χ1n) is 12.5. The van der Waals surface area contributed by atoms with Crippen LogP contribution in [0.5, 0.6) is 11.5 Å². The van der Waals surface area contributed by atoms with Crippen LogP contribution in [-0.4, -0.2) is 37.0 Å². The molecule has 1 aliphatic rings. The van der Waals surface area contributed by atoms with Gasteiger partial charge in [-0.25, -0.2) is 8.78 Å². The molecule has 0 spiro atoms. The SMILES string of the molecule is O=C(c1cc(OCc2ccccc2)c(OCc2ccccc2)cc1F)N1CCN(c2ccc(F)cc2)CC1. The van der Waals surface area contributed by atoms with Crippen molar-refractivity contribution in [1.82, 2.24) is 4.90 Å². The number of hydrogen-bond donors (Lipinski definition) is 0. The van der Waals surface area contributed by atoms with Crippen molar-refractivity contribution in [2.24, 2.45) is 0 Å². The zero-order chi connectivity index (χ0) is 26.3. The maximum absolute atomic E-state index is 15.3. The molecule has 1 amide bonds. The van der Waals surface area contributed by atoms with Crippen LogP contribution in [0.3, 0.4) is 0 Å². The summed E-state index contributed by atoms with van der Waals surface area (Å²) >= 11 is 0. The smallest absolute Gasteiger partial charge is 0.257 e. The molecule has 1 saturated heterocycles. The van der Waals surface area contributed by atoms with Crippen LogP contribution in [0.15, 0.2) is 97.1 Å². The van der Waals surface area contributed by atoms with Crippen LogP contribution in [0.4, 0.5) is 14.5 Å². The van der Waals surface area contributed by atoms with Gasteiger partial charge in [-0.05, 0) is 41.5 Å². The highest BCUT2D eigenvalue weighted by molar-refractivity contribution is 5.95. The predicted molar refractivity (Wildman–Crippen MR) is 142 cm³/mol. The molecule has 7 heteroatoms. The largest absolute Gasteiger partial charge is 0.485 e. The number of anilines is 1. The number of hydrogen-bond acceptors (Lipinski definition) is 4. The lowest BCUT2D eigenvalue weighted by Crippen LogP contribution is -2.49. The van der Waals surface area contributed by atoms with E-state index in [-0.39, 0.29) is 30.3 Å². The number of benzene rings is 4. The molecule has 5 nitrogen and oxygen atoms in total. The van der Waals surface area contributed by atoms with Gasteiger partial charge in [0, 0.05) is 37.9 Å². The van der Waals surface area contributed by atoms with Crippen LogP contribution < -0.4 is 14.4 Å². The van der Waals surface area contributed by atoms with Crippen molar-refractivity contribution in [3.8, 4) is 11.5 Å². The van der Waals surface area contributed by atoms with Gasteiger partial charge in [0.05, 0.1) is 5.56 Å². The van der Waals surface area contributed by atoms with Gasteiger partial charge in [0.15, 0.2) is 11.5 Å². The minimum absolute atomic E-state index is 0.0599. The predicted octanol–water partition coefficient (Wildman–Crippen LogP) is 6.09. The molecule has 0 unspecified atom stereocenters. The van der Waals surface area contributed by atoms with E-state index >= 15 is 4.39 Å². The molecule has 4 aromatic rings. The van der Waals surface area contributed by atoms with E-state index < -0.39 is 11.7 Å². The van der Waals surface area contributed by atoms with Crippen LogP contribution in [0.1, 0.15) is 21.5 Å². The lowest BCUT2D eigenvalue weighted by molar-refractivity contribution is 0.0741. The van der Waals surface area contributed by atoms with Crippen LogP contribution in [0, 0.1) is 11.6 Å². The van der Waals surface area contributed by atoms with Gasteiger partial charge in [-0.15, -0.1) is 0 Å². The lowest BCUT2D eigenvalue weighted by atomic mass is 10.1. The summed E-state index contributed by atoms with van der Waals surface area (Å²) in [6, 6.07) is 28.1. The summed E-state index contributed by atoms with van der Waals surface area (Å²) in [4.78, 5) is 17.1.